The highest BCUT2D eigenvalue weighted by Gasteiger charge is 2.52. The first-order chi connectivity index (χ1) is 13.8. The molecule has 29 heavy (non-hydrogen) atoms. The molecule has 3 unspecified atom stereocenters. The van der Waals surface area contributed by atoms with E-state index >= 15 is 0 Å². The molecule has 0 aromatic heterocycles. The first kappa shape index (κ1) is 21.3. The van der Waals surface area contributed by atoms with Gasteiger partial charge in [0.25, 0.3) is 5.91 Å². The summed E-state index contributed by atoms with van der Waals surface area (Å²) in [7, 11) is 0. The van der Waals surface area contributed by atoms with Gasteiger partial charge in [-0.2, -0.15) is 0 Å². The van der Waals surface area contributed by atoms with Crippen LogP contribution in [-0.2, 0) is 4.79 Å². The molecule has 0 radical (unpaired) electrons. The van der Waals surface area contributed by atoms with Gasteiger partial charge in [-0.3, -0.25) is 4.79 Å². The molecule has 4 nitrogen and oxygen atoms in total. The number of alkyl halides is 2. The lowest BCUT2D eigenvalue weighted by Crippen LogP contribution is -2.53. The number of nitrogens with zero attached hydrogens (tertiary/aromatic N) is 1. The maximum atomic E-state index is 12.9. The predicted octanol–water partition coefficient (Wildman–Crippen LogP) is 4.89. The number of benzene rings is 1. The zero-order chi connectivity index (χ0) is 20.6. The molecule has 3 fully saturated rings. The number of piperidine rings is 2. The van der Waals surface area contributed by atoms with Gasteiger partial charge in [-0.25, -0.2) is 0 Å². The van der Waals surface area contributed by atoms with Crippen LogP contribution in [0.2, 0.25) is 0 Å². The molecule has 4 rings (SSSR count). The van der Waals surface area contributed by atoms with Crippen molar-refractivity contribution in [2.45, 2.75) is 74.3 Å². The van der Waals surface area contributed by atoms with E-state index in [4.69, 9.17) is 27.9 Å². The van der Waals surface area contributed by atoms with Crippen LogP contribution in [0.25, 0.3) is 0 Å². The number of carbonyl (C=O) groups excluding carboxylic acids is 1. The lowest BCUT2D eigenvalue weighted by atomic mass is 9.83. The zero-order valence-corrected chi connectivity index (χ0v) is 18.9. The van der Waals surface area contributed by atoms with Crippen molar-refractivity contribution < 1.29 is 9.53 Å². The molecule has 1 aromatic carbocycles. The fourth-order valence-electron chi connectivity index (χ4n) is 4.94. The molecule has 3 aliphatic rings. The fourth-order valence-corrected chi connectivity index (χ4v) is 5.50. The Bertz CT molecular complexity index is 733. The Balaban J connectivity index is 1.30. The molecular weight excluding hydrogens is 407 g/mol. The number of hydrogen-bond donors (Lipinski definition) is 1. The molecule has 2 aliphatic heterocycles. The van der Waals surface area contributed by atoms with Crippen molar-refractivity contribution in [3.05, 3.63) is 29.8 Å². The van der Waals surface area contributed by atoms with Crippen molar-refractivity contribution in [2.24, 2.45) is 5.92 Å². The smallest absolute Gasteiger partial charge is 0.263 e. The molecule has 1 aromatic rings. The second kappa shape index (κ2) is 8.28. The minimum absolute atomic E-state index is 0.0581. The molecule has 6 heteroatoms. The highest BCUT2D eigenvalue weighted by Crippen LogP contribution is 2.59. The zero-order valence-electron chi connectivity index (χ0n) is 17.4. The van der Waals surface area contributed by atoms with Crippen LogP contribution in [0.3, 0.4) is 0 Å². The van der Waals surface area contributed by atoms with Crippen molar-refractivity contribution in [3.8, 4) is 5.75 Å². The van der Waals surface area contributed by atoms with Crippen LogP contribution in [-0.4, -0.2) is 46.4 Å². The molecule has 2 heterocycles. The third-order valence-electron chi connectivity index (χ3n) is 6.78. The van der Waals surface area contributed by atoms with Crippen LogP contribution in [0.15, 0.2) is 24.3 Å². The van der Waals surface area contributed by atoms with Crippen LogP contribution in [0.5, 0.6) is 5.75 Å². The summed E-state index contributed by atoms with van der Waals surface area (Å²) in [4.78, 5) is 15.5. The van der Waals surface area contributed by atoms with Gasteiger partial charge in [-0.15, -0.1) is 23.2 Å². The van der Waals surface area contributed by atoms with E-state index in [1.165, 1.54) is 45.2 Å². The van der Waals surface area contributed by atoms with Crippen LogP contribution >= 0.6 is 23.2 Å². The number of amides is 1. The molecule has 0 spiro atoms. The Labute approximate surface area is 184 Å². The third kappa shape index (κ3) is 4.86. The maximum Gasteiger partial charge on any atom is 0.263 e. The van der Waals surface area contributed by atoms with Gasteiger partial charge in [0.05, 0.1) is 0 Å². The molecule has 3 atom stereocenters. The van der Waals surface area contributed by atoms with Crippen molar-refractivity contribution in [1.82, 2.24) is 10.2 Å². The number of ether oxygens (including phenoxy) is 1. The van der Waals surface area contributed by atoms with Crippen LogP contribution in [0.4, 0.5) is 0 Å². The van der Waals surface area contributed by atoms with E-state index in [-0.39, 0.29) is 11.8 Å². The SMILES string of the molecule is CC(C)(Oc1ccc(C2CC2(Cl)Cl)cc1)C(=O)NCC1CCCN2CCCCC12. The van der Waals surface area contributed by atoms with Gasteiger partial charge in [0, 0.05) is 18.5 Å². The van der Waals surface area contributed by atoms with Gasteiger partial charge in [-0.1, -0.05) is 18.6 Å². The monoisotopic (exact) mass is 438 g/mol. The van der Waals surface area contributed by atoms with E-state index < -0.39 is 9.93 Å². The molecule has 1 aliphatic carbocycles. The van der Waals surface area contributed by atoms with Gasteiger partial charge >= 0.3 is 0 Å². The van der Waals surface area contributed by atoms with Crippen LogP contribution < -0.4 is 10.1 Å². The number of hydrogen-bond acceptors (Lipinski definition) is 3. The average molecular weight is 439 g/mol. The fraction of sp³-hybridized carbons (Fsp3) is 0.696. The molecule has 1 amide bonds. The quantitative estimate of drug-likeness (QED) is 0.642. The summed E-state index contributed by atoms with van der Waals surface area (Å²) in [6.45, 7) is 6.83. The number of carbonyl (C=O) groups is 1. The van der Waals surface area contributed by atoms with Gasteiger partial charge in [-0.05, 0) is 82.7 Å². The van der Waals surface area contributed by atoms with Gasteiger partial charge < -0.3 is 15.0 Å². The van der Waals surface area contributed by atoms with Gasteiger partial charge in [0.2, 0.25) is 0 Å². The Morgan fingerprint density at radius 2 is 1.86 bits per heavy atom. The van der Waals surface area contributed by atoms with E-state index in [0.717, 1.165) is 18.5 Å². The van der Waals surface area contributed by atoms with Gasteiger partial charge in [0.1, 0.15) is 10.1 Å². The van der Waals surface area contributed by atoms with E-state index in [2.05, 4.69) is 10.2 Å². The Morgan fingerprint density at radius 1 is 1.17 bits per heavy atom. The third-order valence-corrected chi connectivity index (χ3v) is 7.62. The van der Waals surface area contributed by atoms with Crippen molar-refractivity contribution in [1.29, 1.82) is 0 Å². The first-order valence-electron chi connectivity index (χ1n) is 11.0. The highest BCUT2D eigenvalue weighted by molar-refractivity contribution is 6.51. The molecule has 1 N–H and O–H groups in total. The van der Waals surface area contributed by atoms with Crippen LogP contribution in [0.1, 0.15) is 63.9 Å². The normalized spacial score (nSPS) is 29.0. The Hall–Kier alpha value is -0.970. The summed E-state index contributed by atoms with van der Waals surface area (Å²) in [6.07, 6.45) is 7.10. The number of nitrogens with one attached hydrogen (secondary N) is 1. The summed E-state index contributed by atoms with van der Waals surface area (Å²) in [6, 6.07) is 8.40. The summed E-state index contributed by atoms with van der Waals surface area (Å²) >= 11 is 12.3. The summed E-state index contributed by atoms with van der Waals surface area (Å²) < 4.78 is 5.40. The first-order valence-corrected chi connectivity index (χ1v) is 11.7. The van der Waals surface area contributed by atoms with Crippen molar-refractivity contribution >= 4 is 29.1 Å². The minimum atomic E-state index is -0.926. The maximum absolute atomic E-state index is 12.9. The van der Waals surface area contributed by atoms with E-state index in [9.17, 15) is 4.79 Å². The standard InChI is InChI=1S/C23H32Cl2N2O2/c1-22(2,29-18-10-8-16(9-11-18)19-14-23(19,24)25)21(28)26-15-17-6-5-13-27-12-4-3-7-20(17)27/h8-11,17,19-20H,3-7,12-15H2,1-2H3,(H,26,28). The molecule has 1 saturated carbocycles. The van der Waals surface area contributed by atoms with E-state index in [0.29, 0.717) is 17.7 Å². The number of halogens is 2. The average Bonchev–Trinajstić information content (AvgIpc) is 3.34. The molecule has 0 bridgehead atoms. The van der Waals surface area contributed by atoms with E-state index in [1.54, 1.807) is 0 Å². The van der Waals surface area contributed by atoms with Crippen molar-refractivity contribution in [2.75, 3.05) is 19.6 Å². The highest BCUT2D eigenvalue weighted by atomic mass is 35.5. The number of fused-ring (bicyclic) bond motifs is 1. The minimum Gasteiger partial charge on any atom is -0.478 e. The largest absolute Gasteiger partial charge is 0.478 e. The second-order valence-corrected chi connectivity index (χ2v) is 11.0. The molecule has 160 valence electrons. The van der Waals surface area contributed by atoms with E-state index in [1.807, 2.05) is 38.1 Å². The molecular formula is C23H32Cl2N2O2. The topological polar surface area (TPSA) is 41.6 Å². The van der Waals surface area contributed by atoms with Crippen molar-refractivity contribution in [3.63, 3.8) is 0 Å². The summed E-state index contributed by atoms with van der Waals surface area (Å²) in [5, 5.41) is 3.17. The summed E-state index contributed by atoms with van der Waals surface area (Å²) in [5.41, 5.74) is 0.184. The lowest BCUT2D eigenvalue weighted by molar-refractivity contribution is -0.134. The molecule has 2 saturated heterocycles. The number of rotatable bonds is 6. The Morgan fingerprint density at radius 3 is 2.55 bits per heavy atom. The van der Waals surface area contributed by atoms with Gasteiger partial charge in [0.15, 0.2) is 5.60 Å². The Kier molecular flexibility index (Phi) is 6.07. The van der Waals surface area contributed by atoms with Crippen LogP contribution in [0, 0.1) is 5.92 Å². The second-order valence-electron chi connectivity index (χ2n) is 9.41. The predicted molar refractivity (Wildman–Crippen MR) is 118 cm³/mol. The lowest BCUT2D eigenvalue weighted by Gasteiger charge is -2.44. The summed E-state index contributed by atoms with van der Waals surface area (Å²) in [5.74, 6) is 1.36.